The van der Waals surface area contributed by atoms with Crippen LogP contribution < -0.4 is 0 Å². The zero-order valence-corrected chi connectivity index (χ0v) is 14.7. The van der Waals surface area contributed by atoms with Gasteiger partial charge in [-0.15, -0.1) is 0 Å². The number of fused-ring (bicyclic) bond motifs is 1. The van der Waals surface area contributed by atoms with Crippen molar-refractivity contribution in [1.29, 1.82) is 0 Å². The molecule has 0 saturated carbocycles. The Morgan fingerprint density at radius 3 is 2.26 bits per heavy atom. The van der Waals surface area contributed by atoms with Crippen LogP contribution in [0.4, 0.5) is 0 Å². The summed E-state index contributed by atoms with van der Waals surface area (Å²) in [6.07, 6.45) is 3.56. The van der Waals surface area contributed by atoms with Crippen LogP contribution in [0.25, 0.3) is 0 Å². The van der Waals surface area contributed by atoms with Crippen LogP contribution in [0.15, 0.2) is 66.7 Å². The smallest absolute Gasteiger partial charge is 0.313 e. The number of benzene rings is 2. The summed E-state index contributed by atoms with van der Waals surface area (Å²) in [6.45, 7) is 0.301. The van der Waals surface area contributed by atoms with Gasteiger partial charge in [0.2, 0.25) is 0 Å². The van der Waals surface area contributed by atoms with Crippen LogP contribution in [0, 0.1) is 0 Å². The molecule has 0 radical (unpaired) electrons. The van der Waals surface area contributed by atoms with Gasteiger partial charge in [-0.1, -0.05) is 54.6 Å². The van der Waals surface area contributed by atoms with Crippen molar-refractivity contribution in [2.24, 2.45) is 0 Å². The summed E-state index contributed by atoms with van der Waals surface area (Å²) in [5, 5.41) is 0. The Labute approximate surface area is 157 Å². The topological polar surface area (TPSA) is 63.7 Å². The molecule has 0 spiro atoms. The largest absolute Gasteiger partial charge is 0.465 e. The number of carbonyl (C=O) groups excluding carboxylic acids is 3. The number of nitrogens with zero attached hydrogens (tertiary/aromatic N) is 1. The highest BCUT2D eigenvalue weighted by atomic mass is 16.5. The van der Waals surface area contributed by atoms with E-state index in [0.29, 0.717) is 19.4 Å². The molecule has 5 heteroatoms. The van der Waals surface area contributed by atoms with Crippen LogP contribution in [-0.4, -0.2) is 29.3 Å². The normalized spacial score (nSPS) is 20.8. The van der Waals surface area contributed by atoms with Gasteiger partial charge in [0.25, 0.3) is 11.8 Å². The lowest BCUT2D eigenvalue weighted by Crippen LogP contribution is -2.33. The minimum absolute atomic E-state index is 0.301. The van der Waals surface area contributed by atoms with Crippen LogP contribution >= 0.6 is 0 Å². The molecule has 0 N–H and O–H groups in total. The summed E-state index contributed by atoms with van der Waals surface area (Å²) in [5.74, 6) is -1.45. The van der Waals surface area contributed by atoms with Crippen molar-refractivity contribution >= 4 is 17.8 Å². The molecule has 2 amide bonds. The lowest BCUT2D eigenvalue weighted by Gasteiger charge is -2.23. The van der Waals surface area contributed by atoms with Gasteiger partial charge in [0, 0.05) is 18.6 Å². The predicted octanol–water partition coefficient (Wildman–Crippen LogP) is 2.93. The Hall–Kier alpha value is -3.21. The highest BCUT2D eigenvalue weighted by Crippen LogP contribution is 2.44. The minimum Gasteiger partial charge on any atom is -0.465 e. The molecule has 2 aromatic carbocycles. The Morgan fingerprint density at radius 1 is 0.926 bits per heavy atom. The van der Waals surface area contributed by atoms with E-state index in [1.165, 1.54) is 17.1 Å². The van der Waals surface area contributed by atoms with Gasteiger partial charge < -0.3 is 4.74 Å². The number of carbonyl (C=O) groups is 3. The third-order valence-electron chi connectivity index (χ3n) is 5.11. The third kappa shape index (κ3) is 3.28. The fraction of sp³-hybridized carbons (Fsp3) is 0.227. The van der Waals surface area contributed by atoms with Gasteiger partial charge in [-0.05, 0) is 23.1 Å². The van der Waals surface area contributed by atoms with E-state index in [0.717, 1.165) is 16.7 Å². The number of imide groups is 1. The first kappa shape index (κ1) is 17.2. The second kappa shape index (κ2) is 7.19. The van der Waals surface area contributed by atoms with Crippen LogP contribution in [0.1, 0.15) is 35.1 Å². The summed E-state index contributed by atoms with van der Waals surface area (Å²) in [5.41, 5.74) is 2.78. The molecule has 0 unspecified atom stereocenters. The van der Waals surface area contributed by atoms with Gasteiger partial charge in [0.15, 0.2) is 0 Å². The molecule has 2 atom stereocenters. The van der Waals surface area contributed by atoms with Gasteiger partial charge in [-0.25, -0.2) is 0 Å². The first-order valence-electron chi connectivity index (χ1n) is 9.00. The Kier molecular flexibility index (Phi) is 4.59. The minimum atomic E-state index is -0.469. The van der Waals surface area contributed by atoms with Gasteiger partial charge in [0.1, 0.15) is 0 Å². The monoisotopic (exact) mass is 361 g/mol. The van der Waals surface area contributed by atoms with Crippen LogP contribution in [0.2, 0.25) is 0 Å². The van der Waals surface area contributed by atoms with E-state index in [1.54, 1.807) is 0 Å². The first-order valence-corrected chi connectivity index (χ1v) is 9.00. The number of rotatable bonds is 5. The Bertz CT molecular complexity index is 901. The van der Waals surface area contributed by atoms with Crippen molar-refractivity contribution in [2.45, 2.75) is 24.8 Å². The molecule has 0 saturated heterocycles. The standard InChI is InChI=1S/C22H19NO4/c24-20-10-11-21(25)23(20)19-14-18(16-8-4-5-9-17(16)19)22(26)27-13-12-15-6-2-1-3-7-15/h1-11,18-19H,12-14H2/t18-,19-/m0/s1. The highest BCUT2D eigenvalue weighted by molar-refractivity contribution is 6.13. The van der Waals surface area contributed by atoms with E-state index >= 15 is 0 Å². The summed E-state index contributed by atoms with van der Waals surface area (Å²) < 4.78 is 5.51. The maximum atomic E-state index is 12.7. The number of hydrogen-bond donors (Lipinski definition) is 0. The summed E-state index contributed by atoms with van der Waals surface area (Å²) in [7, 11) is 0. The van der Waals surface area contributed by atoms with E-state index in [1.807, 2.05) is 54.6 Å². The Balaban J connectivity index is 1.48. The highest BCUT2D eigenvalue weighted by Gasteiger charge is 2.43. The van der Waals surface area contributed by atoms with Gasteiger partial charge >= 0.3 is 5.97 Å². The molecule has 4 rings (SSSR count). The quantitative estimate of drug-likeness (QED) is 0.607. The fourth-order valence-electron chi connectivity index (χ4n) is 3.81. The molecule has 0 bridgehead atoms. The van der Waals surface area contributed by atoms with E-state index in [9.17, 15) is 14.4 Å². The number of ether oxygens (including phenoxy) is 1. The molecule has 1 aliphatic heterocycles. The van der Waals surface area contributed by atoms with E-state index in [-0.39, 0.29) is 17.8 Å². The van der Waals surface area contributed by atoms with Crippen LogP contribution in [0.5, 0.6) is 0 Å². The second-order valence-electron chi connectivity index (χ2n) is 6.72. The molecule has 2 aromatic rings. The maximum absolute atomic E-state index is 12.7. The summed E-state index contributed by atoms with van der Waals surface area (Å²) >= 11 is 0. The van der Waals surface area contributed by atoms with Crippen molar-refractivity contribution in [3.8, 4) is 0 Å². The average molecular weight is 361 g/mol. The fourth-order valence-corrected chi connectivity index (χ4v) is 3.81. The van der Waals surface area contributed by atoms with Crippen LogP contribution in [0.3, 0.4) is 0 Å². The van der Waals surface area contributed by atoms with E-state index in [4.69, 9.17) is 4.74 Å². The summed E-state index contributed by atoms with van der Waals surface area (Å²) in [6, 6.07) is 16.9. The van der Waals surface area contributed by atoms with Gasteiger partial charge in [-0.2, -0.15) is 0 Å². The molecule has 1 heterocycles. The summed E-state index contributed by atoms with van der Waals surface area (Å²) in [4.78, 5) is 38.1. The average Bonchev–Trinajstić information content (AvgIpc) is 3.22. The maximum Gasteiger partial charge on any atom is 0.313 e. The molecule has 27 heavy (non-hydrogen) atoms. The molecular formula is C22H19NO4. The zero-order chi connectivity index (χ0) is 18.8. The number of hydrogen-bond acceptors (Lipinski definition) is 4. The molecule has 1 aliphatic carbocycles. The molecule has 2 aliphatic rings. The zero-order valence-electron chi connectivity index (χ0n) is 14.7. The van der Waals surface area contributed by atoms with Crippen molar-refractivity contribution < 1.29 is 19.1 Å². The van der Waals surface area contributed by atoms with Crippen LogP contribution in [-0.2, 0) is 25.5 Å². The van der Waals surface area contributed by atoms with E-state index in [2.05, 4.69) is 0 Å². The number of amides is 2. The van der Waals surface area contributed by atoms with Crippen molar-refractivity contribution in [1.82, 2.24) is 4.90 Å². The number of esters is 1. The SMILES string of the molecule is O=C(OCCc1ccccc1)[C@H]1C[C@H](N2C(=O)C=CC2=O)c2ccccc21. The lowest BCUT2D eigenvalue weighted by atomic mass is 10.0. The second-order valence-corrected chi connectivity index (χ2v) is 6.72. The molecule has 5 nitrogen and oxygen atoms in total. The molecule has 136 valence electrons. The predicted molar refractivity (Wildman–Crippen MR) is 98.6 cm³/mol. The van der Waals surface area contributed by atoms with E-state index < -0.39 is 12.0 Å². The first-order chi connectivity index (χ1) is 13.1. The van der Waals surface area contributed by atoms with Crippen molar-refractivity contribution in [2.75, 3.05) is 6.61 Å². The van der Waals surface area contributed by atoms with Gasteiger partial charge in [-0.3, -0.25) is 19.3 Å². The third-order valence-corrected chi connectivity index (χ3v) is 5.11. The lowest BCUT2D eigenvalue weighted by molar-refractivity contribution is -0.147. The van der Waals surface area contributed by atoms with Crippen molar-refractivity contribution in [3.05, 3.63) is 83.4 Å². The van der Waals surface area contributed by atoms with Gasteiger partial charge in [0.05, 0.1) is 18.6 Å². The molecular weight excluding hydrogens is 342 g/mol. The Morgan fingerprint density at radius 2 is 1.56 bits per heavy atom. The molecule has 0 fully saturated rings. The molecule has 0 aromatic heterocycles. The van der Waals surface area contributed by atoms with Crippen molar-refractivity contribution in [3.63, 3.8) is 0 Å².